The van der Waals surface area contributed by atoms with Crippen LogP contribution >= 0.6 is 0 Å². The molecule has 1 aromatic carbocycles. The molecular formula is C19H24F3N3O2. The van der Waals surface area contributed by atoms with Gasteiger partial charge in [-0.2, -0.15) is 13.2 Å². The maximum atomic E-state index is 12.7. The molecule has 1 heterocycles. The predicted octanol–water partition coefficient (Wildman–Crippen LogP) is 4.24. The molecule has 2 aromatic rings. The lowest BCUT2D eigenvalue weighted by Crippen LogP contribution is -2.32. The molecule has 148 valence electrons. The lowest BCUT2D eigenvalue weighted by molar-refractivity contribution is -0.137. The van der Waals surface area contributed by atoms with Crippen LogP contribution in [-0.4, -0.2) is 28.4 Å². The van der Waals surface area contributed by atoms with E-state index in [-0.39, 0.29) is 17.6 Å². The van der Waals surface area contributed by atoms with Gasteiger partial charge in [-0.25, -0.2) is 4.98 Å². The Morgan fingerprint density at radius 1 is 1.22 bits per heavy atom. The molecule has 0 spiro atoms. The van der Waals surface area contributed by atoms with Gasteiger partial charge in [0, 0.05) is 19.1 Å². The van der Waals surface area contributed by atoms with Crippen LogP contribution in [0.5, 0.6) is 0 Å². The molecule has 0 aliphatic heterocycles. The third-order valence-electron chi connectivity index (χ3n) is 4.34. The van der Waals surface area contributed by atoms with Gasteiger partial charge in [-0.1, -0.05) is 19.1 Å². The number of amides is 1. The van der Waals surface area contributed by atoms with Crippen molar-refractivity contribution in [2.75, 3.05) is 6.54 Å². The molecule has 1 unspecified atom stereocenters. The largest absolute Gasteiger partial charge is 0.447 e. The fourth-order valence-corrected chi connectivity index (χ4v) is 2.57. The standard InChI is InChI=1S/C19H24F3N3O2/c1-4-13(3)25(10-14-6-8-15(9-7-14)19(20,21)22)11-17-24-16(12-27-17)18(26)23-5-2/h6-9,12-13H,4-5,10-11H2,1-3H3,(H,23,26). The summed E-state index contributed by atoms with van der Waals surface area (Å²) in [5.41, 5.74) is 0.310. The van der Waals surface area contributed by atoms with Crippen molar-refractivity contribution in [3.8, 4) is 0 Å². The molecule has 1 atom stereocenters. The van der Waals surface area contributed by atoms with Crippen LogP contribution < -0.4 is 5.32 Å². The van der Waals surface area contributed by atoms with Gasteiger partial charge < -0.3 is 9.73 Å². The van der Waals surface area contributed by atoms with E-state index in [9.17, 15) is 18.0 Å². The third-order valence-corrected chi connectivity index (χ3v) is 4.34. The first-order valence-electron chi connectivity index (χ1n) is 8.87. The van der Waals surface area contributed by atoms with Crippen molar-refractivity contribution in [3.63, 3.8) is 0 Å². The Labute approximate surface area is 156 Å². The molecule has 1 N–H and O–H groups in total. The molecule has 8 heteroatoms. The number of hydrogen-bond donors (Lipinski definition) is 1. The van der Waals surface area contributed by atoms with Crippen molar-refractivity contribution in [2.24, 2.45) is 0 Å². The number of oxazole rings is 1. The summed E-state index contributed by atoms with van der Waals surface area (Å²) in [5.74, 6) is 0.0915. The monoisotopic (exact) mass is 383 g/mol. The number of hydrogen-bond acceptors (Lipinski definition) is 4. The van der Waals surface area contributed by atoms with Gasteiger partial charge in [0.05, 0.1) is 12.1 Å². The highest BCUT2D eigenvalue weighted by Gasteiger charge is 2.30. The van der Waals surface area contributed by atoms with E-state index in [0.29, 0.717) is 25.5 Å². The highest BCUT2D eigenvalue weighted by molar-refractivity contribution is 5.91. The van der Waals surface area contributed by atoms with E-state index >= 15 is 0 Å². The minimum absolute atomic E-state index is 0.159. The van der Waals surface area contributed by atoms with E-state index < -0.39 is 11.7 Å². The van der Waals surface area contributed by atoms with Crippen LogP contribution in [0.25, 0.3) is 0 Å². The van der Waals surface area contributed by atoms with Gasteiger partial charge >= 0.3 is 6.18 Å². The fourth-order valence-electron chi connectivity index (χ4n) is 2.57. The van der Waals surface area contributed by atoms with Crippen molar-refractivity contribution in [2.45, 2.75) is 52.5 Å². The molecule has 0 bridgehead atoms. The summed E-state index contributed by atoms with van der Waals surface area (Å²) < 4.78 is 43.5. The third kappa shape index (κ3) is 5.82. The molecule has 1 aromatic heterocycles. The number of nitrogens with zero attached hydrogens (tertiary/aromatic N) is 2. The second-order valence-corrected chi connectivity index (χ2v) is 6.34. The molecule has 5 nitrogen and oxygen atoms in total. The number of benzene rings is 1. The Hall–Kier alpha value is -2.35. The van der Waals surface area contributed by atoms with E-state index in [1.807, 2.05) is 20.8 Å². The maximum Gasteiger partial charge on any atom is 0.416 e. The molecule has 1 amide bonds. The maximum absolute atomic E-state index is 12.7. The molecule has 0 saturated carbocycles. The summed E-state index contributed by atoms with van der Waals surface area (Å²) in [5, 5.41) is 2.65. The molecule has 2 rings (SSSR count). The van der Waals surface area contributed by atoms with Gasteiger partial charge in [0.2, 0.25) is 5.89 Å². The number of carbonyl (C=O) groups excluding carboxylic acids is 1. The van der Waals surface area contributed by atoms with E-state index in [4.69, 9.17) is 4.42 Å². The Morgan fingerprint density at radius 2 is 1.89 bits per heavy atom. The highest BCUT2D eigenvalue weighted by Crippen LogP contribution is 2.29. The van der Waals surface area contributed by atoms with Crippen molar-refractivity contribution in [1.29, 1.82) is 0 Å². The first-order chi connectivity index (χ1) is 12.7. The van der Waals surface area contributed by atoms with Crippen LogP contribution in [0.2, 0.25) is 0 Å². The zero-order chi connectivity index (χ0) is 20.0. The molecule has 27 heavy (non-hydrogen) atoms. The number of aromatic nitrogens is 1. The summed E-state index contributed by atoms with van der Waals surface area (Å²) in [6.45, 7) is 7.17. The first-order valence-corrected chi connectivity index (χ1v) is 8.87. The summed E-state index contributed by atoms with van der Waals surface area (Å²) in [7, 11) is 0. The second-order valence-electron chi connectivity index (χ2n) is 6.34. The SMILES string of the molecule is CCNC(=O)c1coc(CN(Cc2ccc(C(F)(F)F)cc2)C(C)CC)n1. The van der Waals surface area contributed by atoms with Crippen LogP contribution in [0.15, 0.2) is 34.9 Å². The average molecular weight is 383 g/mol. The smallest absolute Gasteiger partial charge is 0.416 e. The highest BCUT2D eigenvalue weighted by atomic mass is 19.4. The molecule has 0 aliphatic rings. The van der Waals surface area contributed by atoms with Crippen molar-refractivity contribution >= 4 is 5.91 Å². The lowest BCUT2D eigenvalue weighted by Gasteiger charge is -2.27. The second kappa shape index (κ2) is 9.03. The number of rotatable bonds is 8. The minimum atomic E-state index is -4.34. The van der Waals surface area contributed by atoms with Crippen LogP contribution in [0.1, 0.15) is 54.7 Å². The molecule has 0 fully saturated rings. The van der Waals surface area contributed by atoms with Crippen molar-refractivity contribution in [3.05, 3.63) is 53.2 Å². The van der Waals surface area contributed by atoms with Gasteiger partial charge in [0.25, 0.3) is 5.91 Å². The van der Waals surface area contributed by atoms with E-state index in [0.717, 1.165) is 24.1 Å². The van der Waals surface area contributed by atoms with E-state index in [1.165, 1.54) is 18.4 Å². The van der Waals surface area contributed by atoms with E-state index in [1.54, 1.807) is 0 Å². The van der Waals surface area contributed by atoms with Gasteiger partial charge in [-0.3, -0.25) is 9.69 Å². The number of nitrogens with one attached hydrogen (secondary N) is 1. The minimum Gasteiger partial charge on any atom is -0.447 e. The van der Waals surface area contributed by atoms with Gasteiger partial charge in [-0.15, -0.1) is 0 Å². The Bertz CT molecular complexity index is 741. The van der Waals surface area contributed by atoms with Crippen LogP contribution in [0, 0.1) is 0 Å². The number of halogens is 3. The quantitative estimate of drug-likeness (QED) is 0.741. The van der Waals surface area contributed by atoms with Crippen molar-refractivity contribution in [1.82, 2.24) is 15.2 Å². The Morgan fingerprint density at radius 3 is 2.44 bits per heavy atom. The molecular weight excluding hydrogens is 359 g/mol. The fraction of sp³-hybridized carbons (Fsp3) is 0.474. The van der Waals surface area contributed by atoms with Gasteiger partial charge in [0.1, 0.15) is 6.26 Å². The number of carbonyl (C=O) groups is 1. The average Bonchev–Trinajstić information content (AvgIpc) is 3.09. The van der Waals surface area contributed by atoms with Crippen LogP contribution in [0.4, 0.5) is 13.2 Å². The zero-order valence-electron chi connectivity index (χ0n) is 15.6. The summed E-state index contributed by atoms with van der Waals surface area (Å²) in [4.78, 5) is 18.1. The number of alkyl halides is 3. The normalized spacial score (nSPS) is 13.0. The zero-order valence-corrected chi connectivity index (χ0v) is 15.6. The Kier molecular flexibility index (Phi) is 7.01. The first kappa shape index (κ1) is 21.0. The van der Waals surface area contributed by atoms with Crippen LogP contribution in [0.3, 0.4) is 0 Å². The molecule has 0 radical (unpaired) electrons. The Balaban J connectivity index is 2.11. The summed E-state index contributed by atoms with van der Waals surface area (Å²) in [6, 6.07) is 5.29. The summed E-state index contributed by atoms with van der Waals surface area (Å²) >= 11 is 0. The topological polar surface area (TPSA) is 58.4 Å². The predicted molar refractivity (Wildman–Crippen MR) is 95.0 cm³/mol. The molecule has 0 aliphatic carbocycles. The summed E-state index contributed by atoms with van der Waals surface area (Å²) in [6.07, 6.45) is -2.18. The van der Waals surface area contributed by atoms with E-state index in [2.05, 4.69) is 15.2 Å². The van der Waals surface area contributed by atoms with Crippen molar-refractivity contribution < 1.29 is 22.4 Å². The lowest BCUT2D eigenvalue weighted by atomic mass is 10.1. The van der Waals surface area contributed by atoms with Crippen LogP contribution in [-0.2, 0) is 19.3 Å². The van der Waals surface area contributed by atoms with Gasteiger partial charge in [-0.05, 0) is 38.0 Å². The molecule has 0 saturated heterocycles. The van der Waals surface area contributed by atoms with Gasteiger partial charge in [0.15, 0.2) is 5.69 Å².